The number of benzene rings is 2. The van der Waals surface area contributed by atoms with Gasteiger partial charge in [0.2, 0.25) is 5.03 Å². The van der Waals surface area contributed by atoms with E-state index in [4.69, 9.17) is 4.74 Å². The Morgan fingerprint density at radius 1 is 1.11 bits per heavy atom. The molecule has 0 amide bonds. The van der Waals surface area contributed by atoms with Crippen LogP contribution in [0.1, 0.15) is 30.0 Å². The van der Waals surface area contributed by atoms with E-state index in [1.807, 2.05) is 6.92 Å². The number of ether oxygens (including phenoxy) is 1. The number of halogens is 1. The van der Waals surface area contributed by atoms with Crippen molar-refractivity contribution in [1.29, 1.82) is 0 Å². The molecule has 10 nitrogen and oxygen atoms in total. The Kier molecular flexibility index (Phi) is 6.50. The van der Waals surface area contributed by atoms with Gasteiger partial charge in [-0.2, -0.15) is 19.3 Å². The third-order valence-corrected chi connectivity index (χ3v) is 9.21. The maximum Gasteiger partial charge on any atom is 0.264 e. The zero-order chi connectivity index (χ0) is 26.4. The van der Waals surface area contributed by atoms with E-state index in [-0.39, 0.29) is 23.0 Å². The fourth-order valence-electron chi connectivity index (χ4n) is 5.50. The van der Waals surface area contributed by atoms with E-state index in [2.05, 4.69) is 32.3 Å². The van der Waals surface area contributed by atoms with Gasteiger partial charge in [-0.3, -0.25) is 4.90 Å². The van der Waals surface area contributed by atoms with E-state index in [0.29, 0.717) is 19.6 Å². The molecule has 0 aliphatic carbocycles. The quantitative estimate of drug-likeness (QED) is 0.372. The monoisotopic (exact) mass is 539 g/mol. The molecule has 0 bridgehead atoms. The zero-order valence-corrected chi connectivity index (χ0v) is 22.2. The van der Waals surface area contributed by atoms with Gasteiger partial charge in [0, 0.05) is 51.3 Å². The highest BCUT2D eigenvalue weighted by atomic mass is 32.2. The van der Waals surface area contributed by atoms with Gasteiger partial charge in [-0.05, 0) is 67.3 Å². The normalized spacial score (nSPS) is 21.4. The highest BCUT2D eigenvalue weighted by molar-refractivity contribution is 7.89. The van der Waals surface area contributed by atoms with Crippen molar-refractivity contribution < 1.29 is 17.5 Å². The lowest BCUT2D eigenvalue weighted by atomic mass is 9.96. The SMILES string of the molecule is Cc1cc2c(cnn2-c2ccc(F)cc2)cc1[C@H]1CN(S(=O)(=O)c2cnn(C)n2)CCN1CC1CCCO1. The molecule has 0 saturated carbocycles. The second kappa shape index (κ2) is 9.84. The number of sulfonamides is 1. The second-order valence-electron chi connectivity index (χ2n) is 9.98. The minimum Gasteiger partial charge on any atom is -0.377 e. The Hall–Kier alpha value is -3.19. The fraction of sp³-hybridized carbons (Fsp3) is 0.423. The molecule has 2 aromatic carbocycles. The number of aryl methyl sites for hydroxylation is 2. The van der Waals surface area contributed by atoms with E-state index >= 15 is 0 Å². The second-order valence-corrected chi connectivity index (χ2v) is 11.9. The summed E-state index contributed by atoms with van der Waals surface area (Å²) < 4.78 is 49.6. The Balaban J connectivity index is 1.37. The molecule has 0 radical (unpaired) electrons. The van der Waals surface area contributed by atoms with Crippen molar-refractivity contribution in [1.82, 2.24) is 34.0 Å². The fourth-order valence-corrected chi connectivity index (χ4v) is 6.82. The van der Waals surface area contributed by atoms with Crippen LogP contribution in [0, 0.1) is 12.7 Å². The highest BCUT2D eigenvalue weighted by Gasteiger charge is 2.38. The van der Waals surface area contributed by atoms with Crippen LogP contribution in [0.5, 0.6) is 0 Å². The van der Waals surface area contributed by atoms with Crippen LogP contribution in [0.4, 0.5) is 4.39 Å². The van der Waals surface area contributed by atoms with Crippen molar-refractivity contribution in [2.45, 2.75) is 36.9 Å². The predicted molar refractivity (Wildman–Crippen MR) is 139 cm³/mol. The van der Waals surface area contributed by atoms with E-state index in [1.54, 1.807) is 30.1 Å². The van der Waals surface area contributed by atoms with Gasteiger partial charge in [0.1, 0.15) is 5.82 Å². The van der Waals surface area contributed by atoms with Gasteiger partial charge in [0.05, 0.1) is 29.7 Å². The largest absolute Gasteiger partial charge is 0.377 e. The first-order chi connectivity index (χ1) is 18.3. The molecular formula is C26H30FN7O3S. The predicted octanol–water partition coefficient (Wildman–Crippen LogP) is 2.83. The Labute approximate surface area is 220 Å². The van der Waals surface area contributed by atoms with Crippen molar-refractivity contribution in [3.63, 3.8) is 0 Å². The minimum absolute atomic E-state index is 0.0425. The molecule has 2 aliphatic rings. The van der Waals surface area contributed by atoms with Crippen LogP contribution in [0.3, 0.4) is 0 Å². The number of rotatable bonds is 6. The van der Waals surface area contributed by atoms with E-state index < -0.39 is 10.0 Å². The highest BCUT2D eigenvalue weighted by Crippen LogP contribution is 2.34. The standard InChI is InChI=1S/C26H30FN7O3S/c1-18-12-24-19(14-29-34(24)21-7-5-20(27)6-8-21)13-23(18)25-17-33(38(35,36)26-15-28-31(2)30-26)10-9-32(25)16-22-4-3-11-37-22/h5-8,12-15,22,25H,3-4,9-11,16-17H2,1-2H3/t22?,25-/m1/s1. The molecule has 2 aliphatic heterocycles. The van der Waals surface area contributed by atoms with Crippen LogP contribution in [0.25, 0.3) is 16.6 Å². The molecule has 2 aromatic heterocycles. The number of fused-ring (bicyclic) bond motifs is 1. The van der Waals surface area contributed by atoms with Crippen LogP contribution in [-0.4, -0.2) is 81.3 Å². The average Bonchev–Trinajstić information content (AvgIpc) is 3.66. The zero-order valence-electron chi connectivity index (χ0n) is 21.4. The molecular weight excluding hydrogens is 509 g/mol. The molecule has 0 spiro atoms. The van der Waals surface area contributed by atoms with Crippen LogP contribution < -0.4 is 0 Å². The van der Waals surface area contributed by atoms with Crippen molar-refractivity contribution in [2.75, 3.05) is 32.8 Å². The van der Waals surface area contributed by atoms with Crippen LogP contribution in [0.15, 0.2) is 53.8 Å². The summed E-state index contributed by atoms with van der Waals surface area (Å²) in [5.41, 5.74) is 3.76. The summed E-state index contributed by atoms with van der Waals surface area (Å²) in [4.78, 5) is 3.60. The molecule has 2 fully saturated rings. The van der Waals surface area contributed by atoms with Gasteiger partial charge in [0.25, 0.3) is 10.0 Å². The first-order valence-electron chi connectivity index (χ1n) is 12.8. The van der Waals surface area contributed by atoms with Gasteiger partial charge in [-0.25, -0.2) is 17.5 Å². The maximum absolute atomic E-state index is 13.5. The summed E-state index contributed by atoms with van der Waals surface area (Å²) in [6.45, 7) is 4.80. The lowest BCUT2D eigenvalue weighted by Crippen LogP contribution is -2.52. The summed E-state index contributed by atoms with van der Waals surface area (Å²) in [5.74, 6) is -0.298. The topological polar surface area (TPSA) is 98.4 Å². The first kappa shape index (κ1) is 25.1. The van der Waals surface area contributed by atoms with Crippen molar-refractivity contribution >= 4 is 20.9 Å². The van der Waals surface area contributed by atoms with Crippen LogP contribution >= 0.6 is 0 Å². The first-order valence-corrected chi connectivity index (χ1v) is 14.2. The molecule has 4 heterocycles. The van der Waals surface area contributed by atoms with Gasteiger partial charge in [0.15, 0.2) is 0 Å². The van der Waals surface area contributed by atoms with Gasteiger partial charge < -0.3 is 4.74 Å². The van der Waals surface area contributed by atoms with E-state index in [0.717, 1.165) is 53.7 Å². The molecule has 38 heavy (non-hydrogen) atoms. The third-order valence-electron chi connectivity index (χ3n) is 7.48. The van der Waals surface area contributed by atoms with E-state index in [1.165, 1.54) is 27.4 Å². The number of aromatic nitrogens is 5. The molecule has 0 N–H and O–H groups in total. The minimum atomic E-state index is -3.79. The Morgan fingerprint density at radius 3 is 2.63 bits per heavy atom. The average molecular weight is 540 g/mol. The smallest absolute Gasteiger partial charge is 0.264 e. The molecule has 2 saturated heterocycles. The van der Waals surface area contributed by atoms with Crippen molar-refractivity contribution in [3.05, 3.63) is 65.7 Å². The summed E-state index contributed by atoms with van der Waals surface area (Å²) >= 11 is 0. The van der Waals surface area contributed by atoms with E-state index in [9.17, 15) is 12.8 Å². The lowest BCUT2D eigenvalue weighted by Gasteiger charge is -2.42. The maximum atomic E-state index is 13.5. The summed E-state index contributed by atoms with van der Waals surface area (Å²) in [7, 11) is -2.19. The van der Waals surface area contributed by atoms with Crippen LogP contribution in [0.2, 0.25) is 0 Å². The molecule has 200 valence electrons. The number of hydrogen-bond donors (Lipinski definition) is 0. The third kappa shape index (κ3) is 4.62. The number of piperazine rings is 1. The summed E-state index contributed by atoms with van der Waals surface area (Å²) in [6, 6.07) is 10.2. The number of nitrogens with zero attached hydrogens (tertiary/aromatic N) is 7. The van der Waals surface area contributed by atoms with Gasteiger partial charge in [-0.15, -0.1) is 5.10 Å². The molecule has 2 atom stereocenters. The molecule has 12 heteroatoms. The molecule has 4 aromatic rings. The summed E-state index contributed by atoms with van der Waals surface area (Å²) in [5, 5.41) is 13.5. The van der Waals surface area contributed by atoms with Gasteiger partial charge >= 0.3 is 0 Å². The molecule has 6 rings (SSSR count). The lowest BCUT2D eigenvalue weighted by molar-refractivity contribution is 0.0357. The van der Waals surface area contributed by atoms with Crippen LogP contribution in [-0.2, 0) is 21.8 Å². The molecule has 1 unspecified atom stereocenters. The van der Waals surface area contributed by atoms with Crippen molar-refractivity contribution in [2.24, 2.45) is 7.05 Å². The van der Waals surface area contributed by atoms with Crippen molar-refractivity contribution in [3.8, 4) is 5.69 Å². The Bertz CT molecular complexity index is 1560. The summed E-state index contributed by atoms with van der Waals surface area (Å²) in [6.07, 6.45) is 5.29. The van der Waals surface area contributed by atoms with Gasteiger partial charge in [-0.1, -0.05) is 0 Å². The number of hydrogen-bond acceptors (Lipinski definition) is 7. The Morgan fingerprint density at radius 2 is 1.92 bits per heavy atom.